The predicted octanol–water partition coefficient (Wildman–Crippen LogP) is 1.01. The summed E-state index contributed by atoms with van der Waals surface area (Å²) in [6, 6.07) is -0.681. The molecule has 2 aliphatic rings. The Morgan fingerprint density at radius 1 is 1.19 bits per heavy atom. The van der Waals surface area contributed by atoms with E-state index in [4.69, 9.17) is 0 Å². The third-order valence-electron chi connectivity index (χ3n) is 4.43. The molecule has 1 atom stereocenters. The molecule has 0 aromatic carbocycles. The van der Waals surface area contributed by atoms with Crippen molar-refractivity contribution in [1.82, 2.24) is 14.9 Å². The van der Waals surface area contributed by atoms with Crippen LogP contribution in [0.3, 0.4) is 0 Å². The quantitative estimate of drug-likeness (QED) is 0.768. The minimum Gasteiger partial charge on any atom is -0.480 e. The van der Waals surface area contributed by atoms with Crippen LogP contribution in [0.25, 0.3) is 0 Å². The molecule has 0 radical (unpaired) electrons. The van der Waals surface area contributed by atoms with Crippen LogP contribution >= 0.6 is 0 Å². The second-order valence-corrected chi connectivity index (χ2v) is 5.71. The lowest BCUT2D eigenvalue weighted by atomic mass is 9.95. The van der Waals surface area contributed by atoms with Crippen molar-refractivity contribution < 1.29 is 19.8 Å². The third kappa shape index (κ3) is 2.42. The number of imidazole rings is 1. The van der Waals surface area contributed by atoms with Gasteiger partial charge in [-0.2, -0.15) is 0 Å². The molecular weight excluding hydrogens is 274 g/mol. The molecule has 2 aliphatic heterocycles. The van der Waals surface area contributed by atoms with Crippen molar-refractivity contribution in [1.29, 1.82) is 0 Å². The molecule has 1 aromatic heterocycles. The highest BCUT2D eigenvalue weighted by atomic mass is 16.4. The average molecular weight is 293 g/mol. The SMILES string of the molecule is O=C(O)c1nc(C2CCNCC2)n2c1CCCC2C(=O)O. The second kappa shape index (κ2) is 5.48. The van der Waals surface area contributed by atoms with Crippen molar-refractivity contribution >= 4 is 11.9 Å². The Labute approximate surface area is 122 Å². The highest BCUT2D eigenvalue weighted by Gasteiger charge is 2.35. The number of aliphatic carboxylic acids is 1. The molecule has 114 valence electrons. The predicted molar refractivity (Wildman–Crippen MR) is 73.6 cm³/mol. The van der Waals surface area contributed by atoms with E-state index in [1.54, 1.807) is 4.57 Å². The fourth-order valence-electron chi connectivity index (χ4n) is 3.44. The van der Waals surface area contributed by atoms with E-state index in [-0.39, 0.29) is 11.6 Å². The number of aromatic carboxylic acids is 1. The molecule has 0 amide bonds. The number of nitrogens with zero attached hydrogens (tertiary/aromatic N) is 2. The molecule has 3 N–H and O–H groups in total. The smallest absolute Gasteiger partial charge is 0.356 e. The summed E-state index contributed by atoms with van der Waals surface area (Å²) in [7, 11) is 0. The number of aromatic nitrogens is 2. The van der Waals surface area contributed by atoms with E-state index < -0.39 is 18.0 Å². The van der Waals surface area contributed by atoms with Crippen LogP contribution in [0.15, 0.2) is 0 Å². The van der Waals surface area contributed by atoms with Gasteiger partial charge in [0.1, 0.15) is 11.9 Å². The minimum absolute atomic E-state index is 0.0366. The number of carbonyl (C=O) groups is 2. The van der Waals surface area contributed by atoms with Crippen LogP contribution in [-0.4, -0.2) is 44.8 Å². The zero-order valence-corrected chi connectivity index (χ0v) is 11.7. The standard InChI is InChI=1S/C14H19N3O4/c18-13(19)10-3-1-2-9-11(14(20)21)16-12(17(9)10)8-4-6-15-7-5-8/h8,10,15H,1-7H2,(H,18,19)(H,20,21). The number of hydrogen-bond acceptors (Lipinski definition) is 4. The highest BCUT2D eigenvalue weighted by molar-refractivity contribution is 5.87. The molecule has 3 heterocycles. The Bertz CT molecular complexity index is 575. The fourth-order valence-corrected chi connectivity index (χ4v) is 3.44. The number of carboxylic acid groups (broad SMARTS) is 2. The van der Waals surface area contributed by atoms with Crippen molar-refractivity contribution in [2.45, 2.75) is 44.1 Å². The monoisotopic (exact) mass is 293 g/mol. The van der Waals surface area contributed by atoms with Crippen LogP contribution in [0.4, 0.5) is 0 Å². The third-order valence-corrected chi connectivity index (χ3v) is 4.43. The topological polar surface area (TPSA) is 104 Å². The minimum atomic E-state index is -1.06. The molecule has 7 heteroatoms. The largest absolute Gasteiger partial charge is 0.480 e. The number of fused-ring (bicyclic) bond motifs is 1. The number of piperidine rings is 1. The van der Waals surface area contributed by atoms with Gasteiger partial charge >= 0.3 is 11.9 Å². The van der Waals surface area contributed by atoms with E-state index in [1.165, 1.54) is 0 Å². The summed E-state index contributed by atoms with van der Waals surface area (Å²) in [5, 5.41) is 22.0. The van der Waals surface area contributed by atoms with Gasteiger partial charge in [0.25, 0.3) is 0 Å². The lowest BCUT2D eigenvalue weighted by Gasteiger charge is -2.28. The molecule has 0 saturated carbocycles. The van der Waals surface area contributed by atoms with E-state index >= 15 is 0 Å². The first-order valence-electron chi connectivity index (χ1n) is 7.37. The lowest BCUT2D eigenvalue weighted by molar-refractivity contribution is -0.141. The Morgan fingerprint density at radius 3 is 2.52 bits per heavy atom. The molecule has 1 aromatic rings. The molecule has 3 rings (SSSR count). The van der Waals surface area contributed by atoms with E-state index in [0.717, 1.165) is 25.9 Å². The Balaban J connectivity index is 2.10. The number of rotatable bonds is 3. The van der Waals surface area contributed by atoms with Gasteiger partial charge in [-0.25, -0.2) is 14.6 Å². The number of nitrogens with one attached hydrogen (secondary N) is 1. The molecule has 1 saturated heterocycles. The van der Waals surface area contributed by atoms with E-state index in [1.807, 2.05) is 0 Å². The van der Waals surface area contributed by atoms with Crippen LogP contribution in [0, 0.1) is 0 Å². The Hall–Kier alpha value is -1.89. The molecule has 7 nitrogen and oxygen atoms in total. The first-order chi connectivity index (χ1) is 10.1. The number of carboxylic acids is 2. The Morgan fingerprint density at radius 2 is 1.90 bits per heavy atom. The van der Waals surface area contributed by atoms with Crippen molar-refractivity contribution in [3.8, 4) is 0 Å². The summed E-state index contributed by atoms with van der Waals surface area (Å²) in [5.74, 6) is -1.18. The van der Waals surface area contributed by atoms with Crippen LogP contribution in [0.5, 0.6) is 0 Å². The van der Waals surface area contributed by atoms with Crippen molar-refractivity contribution in [2.75, 3.05) is 13.1 Å². The summed E-state index contributed by atoms with van der Waals surface area (Å²) in [5.41, 5.74) is 0.615. The second-order valence-electron chi connectivity index (χ2n) is 5.71. The van der Waals surface area contributed by atoms with E-state index in [0.29, 0.717) is 30.8 Å². The maximum absolute atomic E-state index is 11.5. The molecule has 0 aliphatic carbocycles. The normalized spacial score (nSPS) is 22.8. The van der Waals surface area contributed by atoms with Gasteiger partial charge in [-0.3, -0.25) is 0 Å². The summed E-state index contributed by atoms with van der Waals surface area (Å²) >= 11 is 0. The Kier molecular flexibility index (Phi) is 3.67. The van der Waals surface area contributed by atoms with Gasteiger partial charge in [0.2, 0.25) is 0 Å². The molecule has 0 bridgehead atoms. The van der Waals surface area contributed by atoms with Gasteiger partial charge in [-0.05, 0) is 45.2 Å². The van der Waals surface area contributed by atoms with Crippen molar-refractivity contribution in [2.24, 2.45) is 0 Å². The van der Waals surface area contributed by atoms with Crippen molar-refractivity contribution in [3.63, 3.8) is 0 Å². The van der Waals surface area contributed by atoms with Crippen molar-refractivity contribution in [3.05, 3.63) is 17.2 Å². The molecule has 1 fully saturated rings. The summed E-state index contributed by atoms with van der Waals surface area (Å²) < 4.78 is 1.70. The van der Waals surface area contributed by atoms with E-state index in [2.05, 4.69) is 10.3 Å². The van der Waals surface area contributed by atoms with Gasteiger partial charge in [-0.1, -0.05) is 0 Å². The van der Waals surface area contributed by atoms with Gasteiger partial charge in [0, 0.05) is 5.92 Å². The van der Waals surface area contributed by atoms with Gasteiger partial charge in [-0.15, -0.1) is 0 Å². The summed E-state index contributed by atoms with van der Waals surface area (Å²) in [4.78, 5) is 27.3. The summed E-state index contributed by atoms with van der Waals surface area (Å²) in [6.07, 6.45) is 3.54. The van der Waals surface area contributed by atoms with Gasteiger partial charge in [0.05, 0.1) is 5.69 Å². The molecule has 21 heavy (non-hydrogen) atoms. The lowest BCUT2D eigenvalue weighted by Crippen LogP contribution is -2.31. The van der Waals surface area contributed by atoms with Crippen LogP contribution in [-0.2, 0) is 11.2 Å². The van der Waals surface area contributed by atoms with E-state index in [9.17, 15) is 19.8 Å². The zero-order chi connectivity index (χ0) is 15.0. The fraction of sp³-hybridized carbons (Fsp3) is 0.643. The highest BCUT2D eigenvalue weighted by Crippen LogP contribution is 2.35. The molecule has 1 unspecified atom stereocenters. The van der Waals surface area contributed by atoms with Gasteiger partial charge in [0.15, 0.2) is 5.69 Å². The van der Waals surface area contributed by atoms with Crippen LogP contribution in [0.2, 0.25) is 0 Å². The first-order valence-corrected chi connectivity index (χ1v) is 7.37. The molecular formula is C14H19N3O4. The summed E-state index contributed by atoms with van der Waals surface area (Å²) in [6.45, 7) is 1.71. The maximum Gasteiger partial charge on any atom is 0.356 e. The average Bonchev–Trinajstić information content (AvgIpc) is 2.87. The number of hydrogen-bond donors (Lipinski definition) is 3. The molecule has 0 spiro atoms. The first kappa shape index (κ1) is 14.1. The van der Waals surface area contributed by atoms with Crippen LogP contribution in [0.1, 0.15) is 59.6 Å². The zero-order valence-electron chi connectivity index (χ0n) is 11.7. The van der Waals surface area contributed by atoms with Crippen LogP contribution < -0.4 is 5.32 Å². The maximum atomic E-state index is 11.5. The van der Waals surface area contributed by atoms with Gasteiger partial charge < -0.3 is 20.1 Å².